The van der Waals surface area contributed by atoms with Gasteiger partial charge in [-0.2, -0.15) is 0 Å². The fraction of sp³-hybridized carbons (Fsp3) is 0.259. The van der Waals surface area contributed by atoms with Gasteiger partial charge in [0, 0.05) is 10.6 Å². The van der Waals surface area contributed by atoms with E-state index in [1.54, 1.807) is 55.5 Å². The van der Waals surface area contributed by atoms with Crippen LogP contribution in [0.5, 0.6) is 5.75 Å². The molecule has 10 heteroatoms. The monoisotopic (exact) mass is 540 g/mol. The van der Waals surface area contributed by atoms with Crippen molar-refractivity contribution in [3.63, 3.8) is 0 Å². The van der Waals surface area contributed by atoms with Gasteiger partial charge in [0.05, 0.1) is 31.0 Å². The van der Waals surface area contributed by atoms with Gasteiger partial charge in [-0.1, -0.05) is 48.4 Å². The number of anilines is 1. The Labute approximate surface area is 223 Å². The highest BCUT2D eigenvalue weighted by Gasteiger charge is 2.48. The van der Waals surface area contributed by atoms with Crippen LogP contribution < -0.4 is 9.64 Å². The summed E-state index contributed by atoms with van der Waals surface area (Å²) in [6, 6.07) is 12.3. The number of benzene rings is 2. The van der Waals surface area contributed by atoms with Gasteiger partial charge >= 0.3 is 11.9 Å². The fourth-order valence-corrected chi connectivity index (χ4v) is 5.09. The van der Waals surface area contributed by atoms with Gasteiger partial charge in [-0.05, 0) is 55.3 Å². The average Bonchev–Trinajstić information content (AvgIpc) is 3.40. The minimum absolute atomic E-state index is 0.0977. The number of ether oxygens (including phenoxy) is 2. The lowest BCUT2D eigenvalue weighted by Crippen LogP contribution is -2.29. The zero-order chi connectivity index (χ0) is 26.7. The molecule has 1 aliphatic rings. The van der Waals surface area contributed by atoms with E-state index in [-0.39, 0.29) is 21.3 Å². The molecule has 0 bridgehead atoms. The first kappa shape index (κ1) is 26.4. The van der Waals surface area contributed by atoms with Crippen LogP contribution >= 0.6 is 22.9 Å². The third-order valence-electron chi connectivity index (χ3n) is 5.89. The molecule has 0 radical (unpaired) electrons. The number of thiazole rings is 1. The van der Waals surface area contributed by atoms with Crippen molar-refractivity contribution < 1.29 is 29.0 Å². The van der Waals surface area contributed by atoms with Crippen molar-refractivity contribution in [2.45, 2.75) is 32.7 Å². The number of amides is 1. The van der Waals surface area contributed by atoms with Crippen molar-refractivity contribution in [2.75, 3.05) is 18.6 Å². The molecule has 0 spiro atoms. The molecule has 1 aromatic heterocycles. The SMILES string of the molecule is CCCCOc1ccc(/C(O)=C2\C(=O)C(=O)N(c3nc(C)c(C(=O)OC)s3)C2c2ccc(Cl)cc2)cc1. The van der Waals surface area contributed by atoms with Gasteiger partial charge in [0.15, 0.2) is 5.13 Å². The first-order chi connectivity index (χ1) is 17.8. The number of aromatic nitrogens is 1. The number of ketones is 1. The number of aliphatic hydroxyl groups excluding tert-OH is 1. The number of methoxy groups -OCH3 is 1. The first-order valence-electron chi connectivity index (χ1n) is 11.6. The van der Waals surface area contributed by atoms with E-state index in [1.807, 2.05) is 0 Å². The normalized spacial score (nSPS) is 16.8. The van der Waals surface area contributed by atoms with E-state index >= 15 is 0 Å². The number of nitrogens with zero attached hydrogens (tertiary/aromatic N) is 2. The lowest BCUT2D eigenvalue weighted by molar-refractivity contribution is -0.132. The van der Waals surface area contributed by atoms with Crippen molar-refractivity contribution in [1.29, 1.82) is 0 Å². The number of esters is 1. The maximum Gasteiger partial charge on any atom is 0.350 e. The van der Waals surface area contributed by atoms with E-state index < -0.39 is 23.7 Å². The second kappa shape index (κ2) is 11.1. The number of aliphatic hydroxyl groups is 1. The highest BCUT2D eigenvalue weighted by Crippen LogP contribution is 2.44. The number of carbonyl (C=O) groups is 3. The molecule has 37 heavy (non-hydrogen) atoms. The summed E-state index contributed by atoms with van der Waals surface area (Å²) in [5.74, 6) is -2.03. The Kier molecular flexibility index (Phi) is 7.94. The number of aryl methyl sites for hydroxylation is 1. The standard InChI is InChI=1S/C27H25ClN2O6S/c1-4-5-14-36-19-12-8-17(9-13-19)22(31)20-21(16-6-10-18(28)11-7-16)30(25(33)23(20)32)27-29-15(2)24(37-27)26(34)35-3/h6-13,21,31H,4-5,14H2,1-3H3/b22-20+. The van der Waals surface area contributed by atoms with Gasteiger partial charge in [0.2, 0.25) is 0 Å². The summed E-state index contributed by atoms with van der Waals surface area (Å²) in [6.07, 6.45) is 1.92. The Hall–Kier alpha value is -3.69. The van der Waals surface area contributed by atoms with E-state index in [1.165, 1.54) is 12.0 Å². The molecular weight excluding hydrogens is 516 g/mol. The highest BCUT2D eigenvalue weighted by molar-refractivity contribution is 7.17. The van der Waals surface area contributed by atoms with Gasteiger partial charge in [-0.25, -0.2) is 9.78 Å². The zero-order valence-electron chi connectivity index (χ0n) is 20.5. The molecule has 2 heterocycles. The van der Waals surface area contributed by atoms with Crippen LogP contribution in [0.2, 0.25) is 5.02 Å². The molecule has 1 atom stereocenters. The predicted molar refractivity (Wildman–Crippen MR) is 141 cm³/mol. The third kappa shape index (κ3) is 5.23. The fourth-order valence-electron chi connectivity index (χ4n) is 3.96. The lowest BCUT2D eigenvalue weighted by atomic mass is 9.95. The van der Waals surface area contributed by atoms with Crippen molar-refractivity contribution in [3.8, 4) is 5.75 Å². The number of hydrogen-bond donors (Lipinski definition) is 1. The van der Waals surface area contributed by atoms with E-state index in [9.17, 15) is 19.5 Å². The number of rotatable bonds is 8. The number of carbonyl (C=O) groups excluding carboxylic acids is 3. The molecule has 0 saturated carbocycles. The van der Waals surface area contributed by atoms with Crippen LogP contribution in [0.1, 0.15) is 52.3 Å². The van der Waals surface area contributed by atoms with Crippen molar-refractivity contribution in [2.24, 2.45) is 0 Å². The van der Waals surface area contributed by atoms with Crippen LogP contribution in [0.4, 0.5) is 5.13 Å². The van der Waals surface area contributed by atoms with Crippen LogP contribution in [-0.2, 0) is 14.3 Å². The summed E-state index contributed by atoms with van der Waals surface area (Å²) in [5.41, 5.74) is 1.16. The molecule has 0 aliphatic carbocycles. The van der Waals surface area contributed by atoms with Gasteiger partial charge in [-0.3, -0.25) is 14.5 Å². The van der Waals surface area contributed by atoms with Crippen LogP contribution in [0, 0.1) is 6.92 Å². The summed E-state index contributed by atoms with van der Waals surface area (Å²) >= 11 is 7.01. The molecule has 1 unspecified atom stereocenters. The van der Waals surface area contributed by atoms with Crippen molar-refractivity contribution in [1.82, 2.24) is 4.98 Å². The van der Waals surface area contributed by atoms with E-state index in [4.69, 9.17) is 21.1 Å². The smallest absolute Gasteiger partial charge is 0.350 e. The molecule has 1 N–H and O–H groups in total. The zero-order valence-corrected chi connectivity index (χ0v) is 22.1. The predicted octanol–water partition coefficient (Wildman–Crippen LogP) is 5.70. The minimum atomic E-state index is -0.992. The topological polar surface area (TPSA) is 106 Å². The first-order valence-corrected chi connectivity index (χ1v) is 12.8. The molecule has 1 aliphatic heterocycles. The average molecular weight is 541 g/mol. The molecule has 8 nitrogen and oxygen atoms in total. The maximum atomic E-state index is 13.3. The Balaban J connectivity index is 1.81. The quantitative estimate of drug-likeness (QED) is 0.128. The van der Waals surface area contributed by atoms with Crippen LogP contribution in [0.3, 0.4) is 0 Å². The summed E-state index contributed by atoms with van der Waals surface area (Å²) < 4.78 is 10.5. The molecule has 1 amide bonds. The van der Waals surface area contributed by atoms with Crippen LogP contribution in [0.25, 0.3) is 5.76 Å². The number of unbranched alkanes of at least 4 members (excludes halogenated alkanes) is 1. The molecule has 3 aromatic rings. The highest BCUT2D eigenvalue weighted by atomic mass is 35.5. The van der Waals surface area contributed by atoms with E-state index in [0.717, 1.165) is 24.2 Å². The van der Waals surface area contributed by atoms with E-state index in [0.29, 0.717) is 34.2 Å². The van der Waals surface area contributed by atoms with Gasteiger partial charge in [0.1, 0.15) is 16.4 Å². The Bertz CT molecular complexity index is 1360. The third-order valence-corrected chi connectivity index (χ3v) is 7.28. The summed E-state index contributed by atoms with van der Waals surface area (Å²) in [4.78, 5) is 44.6. The van der Waals surface area contributed by atoms with Crippen molar-refractivity contribution in [3.05, 3.63) is 80.8 Å². The second-order valence-corrected chi connectivity index (χ2v) is 9.76. The molecule has 1 fully saturated rings. The Morgan fingerprint density at radius 3 is 2.43 bits per heavy atom. The number of halogens is 1. The molecular formula is C27H25ClN2O6S. The number of Topliss-reactive ketones (excluding diaryl/α,β-unsaturated/α-hetero) is 1. The van der Waals surface area contributed by atoms with Crippen molar-refractivity contribution >= 4 is 51.5 Å². The minimum Gasteiger partial charge on any atom is -0.507 e. The summed E-state index contributed by atoms with van der Waals surface area (Å²) in [7, 11) is 1.25. The van der Waals surface area contributed by atoms with Gasteiger partial charge in [-0.15, -0.1) is 0 Å². The molecule has 1 saturated heterocycles. The van der Waals surface area contributed by atoms with Gasteiger partial charge in [0.25, 0.3) is 5.78 Å². The largest absolute Gasteiger partial charge is 0.507 e. The van der Waals surface area contributed by atoms with E-state index in [2.05, 4.69) is 11.9 Å². The lowest BCUT2D eigenvalue weighted by Gasteiger charge is -2.23. The summed E-state index contributed by atoms with van der Waals surface area (Å²) in [6.45, 7) is 4.26. The van der Waals surface area contributed by atoms with Gasteiger partial charge < -0.3 is 14.6 Å². The molecule has 2 aromatic carbocycles. The second-order valence-electron chi connectivity index (χ2n) is 8.35. The maximum absolute atomic E-state index is 13.3. The Morgan fingerprint density at radius 2 is 1.81 bits per heavy atom. The summed E-state index contributed by atoms with van der Waals surface area (Å²) in [5, 5.41) is 11.9. The Morgan fingerprint density at radius 1 is 1.14 bits per heavy atom. The number of hydrogen-bond acceptors (Lipinski definition) is 8. The molecule has 4 rings (SSSR count). The molecule has 192 valence electrons. The van der Waals surface area contributed by atoms with Crippen LogP contribution in [-0.4, -0.2) is 41.5 Å². The van der Waals surface area contributed by atoms with Crippen LogP contribution in [0.15, 0.2) is 54.1 Å².